The summed E-state index contributed by atoms with van der Waals surface area (Å²) in [5.74, 6) is 2.49. The summed E-state index contributed by atoms with van der Waals surface area (Å²) in [7, 11) is 0. The quantitative estimate of drug-likeness (QED) is 0.688. The molecule has 2 heterocycles. The minimum Gasteiger partial charge on any atom is -0.393 e. The highest BCUT2D eigenvalue weighted by atomic mass is 35.5. The van der Waals surface area contributed by atoms with E-state index in [9.17, 15) is 9.90 Å². The van der Waals surface area contributed by atoms with Crippen LogP contribution in [0.15, 0.2) is 42.6 Å². The predicted molar refractivity (Wildman–Crippen MR) is 130 cm³/mol. The van der Waals surface area contributed by atoms with Crippen LogP contribution in [0.2, 0.25) is 5.02 Å². The molecule has 7 rings (SSSR count). The van der Waals surface area contributed by atoms with Crippen molar-refractivity contribution in [2.75, 3.05) is 18.0 Å². The minimum absolute atomic E-state index is 0.155. The van der Waals surface area contributed by atoms with Crippen LogP contribution in [0.25, 0.3) is 11.1 Å². The summed E-state index contributed by atoms with van der Waals surface area (Å²) < 4.78 is 0. The first-order chi connectivity index (χ1) is 16.0. The third-order valence-corrected chi connectivity index (χ3v) is 8.96. The Balaban J connectivity index is 1.11. The van der Waals surface area contributed by atoms with E-state index in [4.69, 9.17) is 16.6 Å². The highest BCUT2D eigenvalue weighted by Gasteiger charge is 2.58. The number of rotatable bonds is 4. The summed E-state index contributed by atoms with van der Waals surface area (Å²) in [6, 6.07) is 12.1. The molecule has 1 saturated heterocycles. The van der Waals surface area contributed by atoms with E-state index in [2.05, 4.69) is 22.3 Å². The number of carbonyl (C=O) groups is 1. The van der Waals surface area contributed by atoms with E-state index in [1.807, 2.05) is 30.5 Å². The van der Waals surface area contributed by atoms with Crippen molar-refractivity contribution in [1.29, 1.82) is 0 Å². The van der Waals surface area contributed by atoms with Crippen molar-refractivity contribution >= 4 is 23.3 Å². The average Bonchev–Trinajstić information content (AvgIpc) is 2.83. The summed E-state index contributed by atoms with van der Waals surface area (Å²) in [6.07, 6.45) is 8.78. The van der Waals surface area contributed by atoms with E-state index < -0.39 is 0 Å². The number of hydrogen-bond acceptors (Lipinski definition) is 4. The monoisotopic (exact) mass is 465 g/mol. The smallest absolute Gasteiger partial charge is 0.226 e. The molecule has 1 aliphatic heterocycles. The lowest BCUT2D eigenvalue weighted by molar-refractivity contribution is -0.163. The first-order valence-electron chi connectivity index (χ1n) is 12.5. The number of amides is 1. The molecule has 33 heavy (non-hydrogen) atoms. The van der Waals surface area contributed by atoms with Gasteiger partial charge in [-0.25, -0.2) is 4.98 Å². The van der Waals surface area contributed by atoms with Crippen molar-refractivity contribution in [1.82, 2.24) is 10.3 Å². The average molecular weight is 466 g/mol. The molecular weight excluding hydrogens is 434 g/mol. The molecule has 4 saturated carbocycles. The predicted octanol–water partition coefficient (Wildman–Crippen LogP) is 4.67. The maximum Gasteiger partial charge on any atom is 0.226 e. The van der Waals surface area contributed by atoms with E-state index in [1.54, 1.807) is 0 Å². The Kier molecular flexibility index (Phi) is 5.38. The van der Waals surface area contributed by atoms with E-state index in [-0.39, 0.29) is 23.5 Å². The zero-order chi connectivity index (χ0) is 22.6. The van der Waals surface area contributed by atoms with Crippen LogP contribution in [0.5, 0.6) is 0 Å². The van der Waals surface area contributed by atoms with E-state index in [0.29, 0.717) is 17.8 Å². The van der Waals surface area contributed by atoms with Crippen LogP contribution in [-0.2, 0) is 4.79 Å². The van der Waals surface area contributed by atoms with Gasteiger partial charge in [0.15, 0.2) is 0 Å². The Morgan fingerprint density at radius 2 is 1.79 bits per heavy atom. The molecule has 3 atom stereocenters. The van der Waals surface area contributed by atoms with Crippen molar-refractivity contribution in [3.8, 4) is 11.1 Å². The van der Waals surface area contributed by atoms with Gasteiger partial charge < -0.3 is 15.3 Å². The van der Waals surface area contributed by atoms with Gasteiger partial charge in [0.2, 0.25) is 5.91 Å². The Bertz CT molecular complexity index is 1010. The maximum atomic E-state index is 13.5. The van der Waals surface area contributed by atoms with Gasteiger partial charge in [-0.15, -0.1) is 0 Å². The number of aliphatic hydroxyl groups is 1. The van der Waals surface area contributed by atoms with Gasteiger partial charge in [0.05, 0.1) is 11.5 Å². The van der Waals surface area contributed by atoms with Crippen molar-refractivity contribution in [2.45, 2.75) is 57.1 Å². The highest BCUT2D eigenvalue weighted by Crippen LogP contribution is 2.60. The Morgan fingerprint density at radius 3 is 2.48 bits per heavy atom. The minimum atomic E-state index is -0.240. The second-order valence-corrected chi connectivity index (χ2v) is 11.3. The third kappa shape index (κ3) is 3.93. The third-order valence-electron chi connectivity index (χ3n) is 8.71. The maximum absolute atomic E-state index is 13.5. The van der Waals surface area contributed by atoms with Crippen LogP contribution < -0.4 is 10.2 Å². The number of carbonyl (C=O) groups excluding carboxylic acids is 1. The molecule has 0 spiro atoms. The molecule has 1 aromatic carbocycles. The summed E-state index contributed by atoms with van der Waals surface area (Å²) >= 11 is 6.01. The number of nitrogens with one attached hydrogen (secondary N) is 1. The Hall–Kier alpha value is -2.11. The lowest BCUT2D eigenvalue weighted by atomic mass is 9.48. The van der Waals surface area contributed by atoms with Gasteiger partial charge in [-0.3, -0.25) is 4.79 Å². The van der Waals surface area contributed by atoms with Gasteiger partial charge in [-0.05, 0) is 92.5 Å². The molecule has 5 aliphatic rings. The van der Waals surface area contributed by atoms with E-state index >= 15 is 0 Å². The summed E-state index contributed by atoms with van der Waals surface area (Å²) in [5.41, 5.74) is 1.93. The van der Waals surface area contributed by atoms with Crippen LogP contribution >= 0.6 is 11.6 Å². The topological polar surface area (TPSA) is 65.5 Å². The summed E-state index contributed by atoms with van der Waals surface area (Å²) in [4.78, 5) is 20.5. The molecule has 5 nitrogen and oxygen atoms in total. The molecule has 6 heteroatoms. The van der Waals surface area contributed by atoms with Crippen LogP contribution in [0.3, 0.4) is 0 Å². The lowest BCUT2D eigenvalue weighted by Gasteiger charge is -2.58. The van der Waals surface area contributed by atoms with Gasteiger partial charge in [-0.1, -0.05) is 23.7 Å². The molecule has 5 fully saturated rings. The van der Waals surface area contributed by atoms with Crippen molar-refractivity contribution < 1.29 is 9.90 Å². The van der Waals surface area contributed by atoms with E-state index in [0.717, 1.165) is 80.0 Å². The van der Waals surface area contributed by atoms with Crippen molar-refractivity contribution in [3.05, 3.63) is 47.6 Å². The SMILES string of the molecule is O=C(N[C@H]1CCCN(c2ccc(-c3ccc(Cl)cc3)cn2)C1)C12CC3CC(C1)C(O)C(C3)C2. The molecular formula is C27H32ClN3O2. The standard InChI is InChI=1S/C27H32ClN3O2/c28-22-6-3-18(4-7-22)19-5-8-24(29-15-19)31-9-1-2-23(16-31)30-26(33)27-12-17-10-20(13-27)25(32)21(11-17)14-27/h3-8,15,17,20-21,23,25,32H,1-2,9-14,16H2,(H,30,33)/t17?,20?,21?,23-,25?,27?/m0/s1. The largest absolute Gasteiger partial charge is 0.393 e. The second kappa shape index (κ2) is 8.28. The van der Waals surface area contributed by atoms with Crippen LogP contribution in [-0.4, -0.2) is 41.2 Å². The molecule has 1 aromatic heterocycles. The Labute approximate surface area is 200 Å². The van der Waals surface area contributed by atoms with Crippen LogP contribution in [0, 0.1) is 23.2 Å². The first kappa shape index (κ1) is 21.4. The van der Waals surface area contributed by atoms with Gasteiger partial charge in [0.1, 0.15) is 5.82 Å². The molecule has 174 valence electrons. The van der Waals surface area contributed by atoms with Gasteiger partial charge >= 0.3 is 0 Å². The number of anilines is 1. The van der Waals surface area contributed by atoms with Gasteiger partial charge in [0.25, 0.3) is 0 Å². The fraction of sp³-hybridized carbons (Fsp3) is 0.556. The number of piperidine rings is 1. The Morgan fingerprint density at radius 1 is 1.06 bits per heavy atom. The number of nitrogens with zero attached hydrogens (tertiary/aromatic N) is 2. The zero-order valence-electron chi connectivity index (χ0n) is 18.9. The summed E-state index contributed by atoms with van der Waals surface area (Å²) in [6.45, 7) is 1.76. The number of aliphatic hydroxyl groups excluding tert-OH is 1. The highest BCUT2D eigenvalue weighted by molar-refractivity contribution is 6.30. The molecule has 0 radical (unpaired) electrons. The molecule has 4 aliphatic carbocycles. The molecule has 4 bridgehead atoms. The van der Waals surface area contributed by atoms with Crippen molar-refractivity contribution in [2.24, 2.45) is 23.2 Å². The van der Waals surface area contributed by atoms with E-state index in [1.165, 1.54) is 0 Å². The lowest BCUT2D eigenvalue weighted by Crippen LogP contribution is -2.60. The number of aromatic nitrogens is 1. The van der Waals surface area contributed by atoms with Gasteiger partial charge in [0, 0.05) is 35.9 Å². The number of benzene rings is 1. The molecule has 2 aromatic rings. The fourth-order valence-electron chi connectivity index (χ4n) is 7.30. The van der Waals surface area contributed by atoms with Gasteiger partial charge in [-0.2, -0.15) is 0 Å². The zero-order valence-corrected chi connectivity index (χ0v) is 19.7. The first-order valence-corrected chi connectivity index (χ1v) is 12.8. The van der Waals surface area contributed by atoms with Crippen LogP contribution in [0.4, 0.5) is 5.82 Å². The summed E-state index contributed by atoms with van der Waals surface area (Å²) in [5, 5.41) is 14.7. The normalized spacial score (nSPS) is 35.0. The molecule has 2 unspecified atom stereocenters. The van der Waals surface area contributed by atoms with Crippen molar-refractivity contribution in [3.63, 3.8) is 0 Å². The molecule has 2 N–H and O–H groups in total. The second-order valence-electron chi connectivity index (χ2n) is 10.9. The molecule has 1 amide bonds. The van der Waals surface area contributed by atoms with Crippen LogP contribution in [0.1, 0.15) is 44.9 Å². The number of hydrogen-bond donors (Lipinski definition) is 2. The fourth-order valence-corrected chi connectivity index (χ4v) is 7.43. The number of halogens is 1. The number of pyridine rings is 1.